The van der Waals surface area contributed by atoms with Crippen molar-refractivity contribution in [2.24, 2.45) is 0 Å². The van der Waals surface area contributed by atoms with Gasteiger partial charge < -0.3 is 10.1 Å². The Morgan fingerprint density at radius 2 is 1.90 bits per heavy atom. The fourth-order valence-electron chi connectivity index (χ4n) is 2.11. The molecule has 0 aliphatic rings. The van der Waals surface area contributed by atoms with Gasteiger partial charge in [-0.1, -0.05) is 23.7 Å². The summed E-state index contributed by atoms with van der Waals surface area (Å²) in [4.78, 5) is 0. The van der Waals surface area contributed by atoms with E-state index >= 15 is 0 Å². The molecule has 106 valence electrons. The maximum absolute atomic E-state index is 14.1. The van der Waals surface area contributed by atoms with Crippen LogP contribution in [-0.4, -0.2) is 14.2 Å². The van der Waals surface area contributed by atoms with Crippen molar-refractivity contribution < 1.29 is 13.5 Å². The smallest absolute Gasteiger partial charge is 0.132 e. The standard InChI is InChI=1S/C15H14ClF2NO/c1-19-15(14-11(16)4-3-5-12(14)17)10-7-6-9(20-2)8-13(10)18/h3-8,15,19H,1-2H3. The Balaban J connectivity index is 2.53. The first kappa shape index (κ1) is 14.8. The van der Waals surface area contributed by atoms with Crippen LogP contribution < -0.4 is 10.1 Å². The molecule has 0 bridgehead atoms. The van der Waals surface area contributed by atoms with E-state index in [0.717, 1.165) is 0 Å². The lowest BCUT2D eigenvalue weighted by Crippen LogP contribution is -2.20. The highest BCUT2D eigenvalue weighted by molar-refractivity contribution is 6.31. The quantitative estimate of drug-likeness (QED) is 0.923. The average Bonchev–Trinajstić information content (AvgIpc) is 2.43. The molecule has 0 fully saturated rings. The van der Waals surface area contributed by atoms with Gasteiger partial charge in [-0.3, -0.25) is 0 Å². The maximum atomic E-state index is 14.1. The number of hydrogen-bond acceptors (Lipinski definition) is 2. The minimum absolute atomic E-state index is 0.223. The summed E-state index contributed by atoms with van der Waals surface area (Å²) in [6.07, 6.45) is 0. The molecule has 0 aliphatic heterocycles. The number of hydrogen-bond donors (Lipinski definition) is 1. The highest BCUT2D eigenvalue weighted by Gasteiger charge is 2.22. The number of nitrogens with one attached hydrogen (secondary N) is 1. The van der Waals surface area contributed by atoms with Crippen LogP contribution in [0, 0.1) is 11.6 Å². The van der Waals surface area contributed by atoms with Crippen LogP contribution in [0.1, 0.15) is 17.2 Å². The van der Waals surface area contributed by atoms with Gasteiger partial charge in [-0.2, -0.15) is 0 Å². The molecule has 0 aromatic heterocycles. The third-order valence-electron chi connectivity index (χ3n) is 3.10. The minimum atomic E-state index is -0.672. The van der Waals surface area contributed by atoms with Crippen molar-refractivity contribution in [3.05, 3.63) is 64.2 Å². The molecule has 0 aliphatic carbocycles. The molecule has 0 radical (unpaired) electrons. The number of benzene rings is 2. The van der Waals surface area contributed by atoms with Crippen molar-refractivity contribution >= 4 is 11.6 Å². The molecule has 0 amide bonds. The topological polar surface area (TPSA) is 21.3 Å². The van der Waals surface area contributed by atoms with Crippen LogP contribution in [0.25, 0.3) is 0 Å². The van der Waals surface area contributed by atoms with E-state index in [4.69, 9.17) is 16.3 Å². The van der Waals surface area contributed by atoms with E-state index in [9.17, 15) is 8.78 Å². The summed E-state index contributed by atoms with van der Waals surface area (Å²) in [5.74, 6) is -0.559. The van der Waals surface area contributed by atoms with E-state index < -0.39 is 17.7 Å². The van der Waals surface area contributed by atoms with Crippen LogP contribution >= 0.6 is 11.6 Å². The Kier molecular flexibility index (Phi) is 4.57. The number of methoxy groups -OCH3 is 1. The first-order valence-corrected chi connectivity index (χ1v) is 6.41. The van der Waals surface area contributed by atoms with E-state index in [1.54, 1.807) is 25.2 Å². The second-order valence-electron chi connectivity index (χ2n) is 4.24. The molecule has 1 atom stereocenters. The van der Waals surface area contributed by atoms with Gasteiger partial charge in [-0.15, -0.1) is 0 Å². The van der Waals surface area contributed by atoms with Crippen LogP contribution in [0.2, 0.25) is 5.02 Å². The molecule has 0 heterocycles. The number of ether oxygens (including phenoxy) is 1. The normalized spacial score (nSPS) is 12.2. The highest BCUT2D eigenvalue weighted by atomic mass is 35.5. The van der Waals surface area contributed by atoms with Crippen molar-refractivity contribution in [1.29, 1.82) is 0 Å². The van der Waals surface area contributed by atoms with Crippen LogP contribution in [-0.2, 0) is 0 Å². The highest BCUT2D eigenvalue weighted by Crippen LogP contribution is 2.32. The van der Waals surface area contributed by atoms with Crippen molar-refractivity contribution in [1.82, 2.24) is 5.32 Å². The summed E-state index contributed by atoms with van der Waals surface area (Å²) >= 11 is 6.04. The van der Waals surface area contributed by atoms with Gasteiger partial charge in [0.25, 0.3) is 0 Å². The first-order valence-electron chi connectivity index (χ1n) is 6.03. The van der Waals surface area contributed by atoms with Gasteiger partial charge in [0.15, 0.2) is 0 Å². The molecule has 2 rings (SSSR count). The molecular formula is C15H14ClF2NO. The van der Waals surface area contributed by atoms with E-state index in [-0.39, 0.29) is 10.6 Å². The fourth-order valence-corrected chi connectivity index (χ4v) is 2.38. The Morgan fingerprint density at radius 3 is 2.45 bits per heavy atom. The van der Waals surface area contributed by atoms with E-state index in [0.29, 0.717) is 11.3 Å². The van der Waals surface area contributed by atoms with E-state index in [1.165, 1.54) is 25.3 Å². The second kappa shape index (κ2) is 6.20. The zero-order valence-corrected chi connectivity index (χ0v) is 11.8. The molecule has 1 unspecified atom stereocenters. The summed E-state index contributed by atoms with van der Waals surface area (Å²) in [6.45, 7) is 0. The molecule has 2 aromatic carbocycles. The zero-order chi connectivity index (χ0) is 14.7. The van der Waals surface area contributed by atoms with Crippen LogP contribution in [0.4, 0.5) is 8.78 Å². The van der Waals surface area contributed by atoms with E-state index in [1.807, 2.05) is 0 Å². The van der Waals surface area contributed by atoms with Crippen LogP contribution in [0.5, 0.6) is 5.75 Å². The maximum Gasteiger partial charge on any atom is 0.132 e. The van der Waals surface area contributed by atoms with Gasteiger partial charge in [0.1, 0.15) is 17.4 Å². The second-order valence-corrected chi connectivity index (χ2v) is 4.65. The molecular weight excluding hydrogens is 284 g/mol. The van der Waals surface area contributed by atoms with Gasteiger partial charge in [-0.05, 0) is 25.2 Å². The minimum Gasteiger partial charge on any atom is -0.497 e. The molecule has 20 heavy (non-hydrogen) atoms. The largest absolute Gasteiger partial charge is 0.497 e. The molecule has 1 N–H and O–H groups in total. The summed E-state index contributed by atoms with van der Waals surface area (Å²) in [6, 6.07) is 8.15. The van der Waals surface area contributed by atoms with Gasteiger partial charge in [0.2, 0.25) is 0 Å². The molecule has 0 spiro atoms. The fraction of sp³-hybridized carbons (Fsp3) is 0.200. The molecule has 2 aromatic rings. The summed E-state index contributed by atoms with van der Waals surface area (Å²) in [5.41, 5.74) is 0.529. The molecule has 0 saturated carbocycles. The third kappa shape index (κ3) is 2.76. The van der Waals surface area contributed by atoms with E-state index in [2.05, 4.69) is 5.32 Å². The van der Waals surface area contributed by atoms with Gasteiger partial charge in [-0.25, -0.2) is 8.78 Å². The van der Waals surface area contributed by atoms with Crippen LogP contribution in [0.15, 0.2) is 36.4 Å². The molecule has 2 nitrogen and oxygen atoms in total. The van der Waals surface area contributed by atoms with Crippen molar-refractivity contribution in [3.8, 4) is 5.75 Å². The Labute approximate surface area is 121 Å². The SMILES string of the molecule is CNC(c1ccc(OC)cc1F)c1c(F)cccc1Cl. The van der Waals surface area contributed by atoms with Crippen LogP contribution in [0.3, 0.4) is 0 Å². The Bertz CT molecular complexity index is 599. The lowest BCUT2D eigenvalue weighted by atomic mass is 9.97. The zero-order valence-electron chi connectivity index (χ0n) is 11.1. The number of rotatable bonds is 4. The predicted octanol–water partition coefficient (Wildman–Crippen LogP) is 3.94. The lowest BCUT2D eigenvalue weighted by Gasteiger charge is -2.20. The van der Waals surface area contributed by atoms with Gasteiger partial charge in [0, 0.05) is 22.2 Å². The third-order valence-corrected chi connectivity index (χ3v) is 3.43. The Hall–Kier alpha value is -1.65. The lowest BCUT2D eigenvalue weighted by molar-refractivity contribution is 0.410. The first-order chi connectivity index (χ1) is 9.58. The average molecular weight is 298 g/mol. The van der Waals surface area contributed by atoms with Gasteiger partial charge in [0.05, 0.1) is 13.2 Å². The monoisotopic (exact) mass is 297 g/mol. The van der Waals surface area contributed by atoms with Crippen molar-refractivity contribution in [2.75, 3.05) is 14.2 Å². The van der Waals surface area contributed by atoms with Gasteiger partial charge >= 0.3 is 0 Å². The predicted molar refractivity (Wildman–Crippen MR) is 75.3 cm³/mol. The van der Waals surface area contributed by atoms with Crippen molar-refractivity contribution in [3.63, 3.8) is 0 Å². The summed E-state index contributed by atoms with van der Waals surface area (Å²) in [5, 5.41) is 3.14. The Morgan fingerprint density at radius 1 is 1.15 bits per heavy atom. The number of halogens is 3. The molecule has 5 heteroatoms. The molecule has 0 saturated heterocycles. The summed E-state index contributed by atoms with van der Waals surface area (Å²) in [7, 11) is 3.08. The van der Waals surface area contributed by atoms with Crippen molar-refractivity contribution in [2.45, 2.75) is 6.04 Å². The summed E-state index contributed by atoms with van der Waals surface area (Å²) < 4.78 is 33.1.